The van der Waals surface area contributed by atoms with Crippen molar-refractivity contribution in [3.63, 3.8) is 0 Å². The molecule has 8 heteroatoms. The van der Waals surface area contributed by atoms with E-state index in [0.717, 1.165) is 11.1 Å². The molecular formula is C30H30N2O4S2. The lowest BCUT2D eigenvalue weighted by molar-refractivity contribution is 0.366. The number of rotatable bonds is 7. The zero-order chi connectivity index (χ0) is 26.8. The van der Waals surface area contributed by atoms with Gasteiger partial charge in [-0.2, -0.15) is 0 Å². The second-order valence-electron chi connectivity index (χ2n) is 9.55. The van der Waals surface area contributed by atoms with Crippen LogP contribution < -0.4 is 0 Å². The summed E-state index contributed by atoms with van der Waals surface area (Å²) in [6, 6.07) is 28.3. The second kappa shape index (κ2) is 10.6. The third-order valence-electron chi connectivity index (χ3n) is 6.86. The number of nitrogens with zero attached hydrogens (tertiary/aromatic N) is 2. The van der Waals surface area contributed by atoms with Crippen LogP contribution >= 0.6 is 0 Å². The van der Waals surface area contributed by atoms with Crippen molar-refractivity contribution < 1.29 is 16.8 Å². The van der Waals surface area contributed by atoms with E-state index >= 15 is 0 Å². The predicted molar refractivity (Wildman–Crippen MR) is 149 cm³/mol. The second-order valence-corrected chi connectivity index (χ2v) is 13.3. The van der Waals surface area contributed by atoms with Crippen molar-refractivity contribution in [1.82, 2.24) is 8.87 Å². The van der Waals surface area contributed by atoms with Gasteiger partial charge in [-0.15, -0.1) is 0 Å². The molecule has 0 saturated carbocycles. The van der Waals surface area contributed by atoms with Gasteiger partial charge in [0.05, 0.1) is 14.7 Å². The molecule has 5 rings (SSSR count). The van der Waals surface area contributed by atoms with Crippen LogP contribution in [-0.2, 0) is 26.4 Å². The number of benzene rings is 3. The van der Waals surface area contributed by atoms with Crippen molar-refractivity contribution in [2.45, 2.75) is 42.0 Å². The summed E-state index contributed by atoms with van der Waals surface area (Å²) >= 11 is 0. The number of sulfone groups is 1. The number of allylic oxidation sites excluding steroid dienone is 1. The van der Waals surface area contributed by atoms with Crippen molar-refractivity contribution in [3.05, 3.63) is 131 Å². The van der Waals surface area contributed by atoms with Gasteiger partial charge in [0.25, 0.3) is 10.0 Å². The molecule has 2 heterocycles. The van der Waals surface area contributed by atoms with Crippen LogP contribution in [0.15, 0.2) is 124 Å². The van der Waals surface area contributed by atoms with Crippen molar-refractivity contribution in [2.75, 3.05) is 6.54 Å². The Morgan fingerprint density at radius 2 is 1.42 bits per heavy atom. The van der Waals surface area contributed by atoms with Gasteiger partial charge < -0.3 is 4.90 Å². The monoisotopic (exact) mass is 546 g/mol. The Kier molecular flexibility index (Phi) is 7.27. The minimum atomic E-state index is -3.92. The molecule has 4 aromatic rings. The van der Waals surface area contributed by atoms with Crippen LogP contribution in [-0.4, -0.2) is 32.3 Å². The Bertz CT molecular complexity index is 1640. The minimum Gasteiger partial charge on any atom is -0.372 e. The molecule has 6 nitrogen and oxygen atoms in total. The van der Waals surface area contributed by atoms with Crippen LogP contribution in [0.25, 0.3) is 0 Å². The van der Waals surface area contributed by atoms with E-state index in [-0.39, 0.29) is 14.7 Å². The predicted octanol–water partition coefficient (Wildman–Crippen LogP) is 5.73. The van der Waals surface area contributed by atoms with Crippen molar-refractivity contribution in [2.24, 2.45) is 0 Å². The summed E-state index contributed by atoms with van der Waals surface area (Å²) in [4.78, 5) is 2.58. The van der Waals surface area contributed by atoms with Gasteiger partial charge in [0.1, 0.15) is 0 Å². The normalized spacial score (nSPS) is 16.6. The first-order valence-corrected chi connectivity index (χ1v) is 15.5. The molecule has 0 saturated heterocycles. The molecule has 0 N–H and O–H groups in total. The summed E-state index contributed by atoms with van der Waals surface area (Å²) < 4.78 is 56.7. The first-order chi connectivity index (χ1) is 18.3. The van der Waals surface area contributed by atoms with Crippen molar-refractivity contribution in [1.29, 1.82) is 0 Å². The highest BCUT2D eigenvalue weighted by Gasteiger charge is 2.35. The Hall–Kier alpha value is -3.62. The summed E-state index contributed by atoms with van der Waals surface area (Å²) in [5.41, 5.74) is 2.48. The molecule has 0 fully saturated rings. The SMILES string of the molecule is Cc1ccc(S(=O)(=O)C2=CN(Cc3ccccc3)CCCC2c2cccn2S(=O)(=O)c2ccccc2)cc1. The highest BCUT2D eigenvalue weighted by atomic mass is 32.2. The van der Waals surface area contributed by atoms with E-state index in [1.54, 1.807) is 72.9 Å². The highest BCUT2D eigenvalue weighted by Crippen LogP contribution is 2.39. The molecule has 38 heavy (non-hydrogen) atoms. The Morgan fingerprint density at radius 3 is 2.11 bits per heavy atom. The molecule has 0 radical (unpaired) electrons. The van der Waals surface area contributed by atoms with E-state index in [2.05, 4.69) is 0 Å². The molecule has 1 aliphatic heterocycles. The molecule has 1 unspecified atom stereocenters. The number of aryl methyl sites for hydroxylation is 1. The first kappa shape index (κ1) is 26.0. The molecule has 0 aliphatic carbocycles. The highest BCUT2D eigenvalue weighted by molar-refractivity contribution is 7.95. The smallest absolute Gasteiger partial charge is 0.267 e. The van der Waals surface area contributed by atoms with Gasteiger partial charge in [-0.3, -0.25) is 0 Å². The lowest BCUT2D eigenvalue weighted by atomic mass is 10.00. The van der Waals surface area contributed by atoms with Crippen LogP contribution in [0.2, 0.25) is 0 Å². The summed E-state index contributed by atoms with van der Waals surface area (Å²) in [6.07, 6.45) is 4.43. The zero-order valence-corrected chi connectivity index (χ0v) is 22.8. The van der Waals surface area contributed by atoms with Gasteiger partial charge in [-0.25, -0.2) is 20.8 Å². The van der Waals surface area contributed by atoms with Gasteiger partial charge in [0, 0.05) is 37.1 Å². The molecular weight excluding hydrogens is 516 g/mol. The Labute approximate surface area is 224 Å². The minimum absolute atomic E-state index is 0.156. The maximum Gasteiger partial charge on any atom is 0.267 e. The standard InChI is InChI=1S/C30H30N2O4S2/c1-24-16-18-26(19-17-24)37(33,34)30-23-31(22-25-10-4-2-5-11-25)20-8-14-28(30)29-15-9-21-32(29)38(35,36)27-12-6-3-7-13-27/h2-7,9-13,15-19,21,23,28H,8,14,20,22H2,1H3. The quantitative estimate of drug-likeness (QED) is 0.296. The summed E-state index contributed by atoms with van der Waals surface area (Å²) in [7, 11) is -7.83. The summed E-state index contributed by atoms with van der Waals surface area (Å²) in [5.74, 6) is -0.629. The van der Waals surface area contributed by atoms with E-state index in [4.69, 9.17) is 0 Å². The van der Waals surface area contributed by atoms with E-state index in [0.29, 0.717) is 31.6 Å². The van der Waals surface area contributed by atoms with Gasteiger partial charge >= 0.3 is 0 Å². The average Bonchev–Trinajstić information content (AvgIpc) is 3.32. The van der Waals surface area contributed by atoms with E-state index in [1.807, 2.05) is 42.2 Å². The van der Waals surface area contributed by atoms with Crippen LogP contribution in [0.3, 0.4) is 0 Å². The number of hydrogen-bond acceptors (Lipinski definition) is 5. The van der Waals surface area contributed by atoms with Gasteiger partial charge in [0.15, 0.2) is 0 Å². The molecule has 0 amide bonds. The lowest BCUT2D eigenvalue weighted by Gasteiger charge is -2.23. The average molecular weight is 547 g/mol. The lowest BCUT2D eigenvalue weighted by Crippen LogP contribution is -2.21. The Balaban J connectivity index is 1.63. The van der Waals surface area contributed by atoms with E-state index < -0.39 is 25.8 Å². The fraction of sp³-hybridized carbons (Fsp3) is 0.200. The van der Waals surface area contributed by atoms with Crippen LogP contribution in [0, 0.1) is 6.92 Å². The molecule has 0 spiro atoms. The van der Waals surface area contributed by atoms with E-state index in [1.165, 1.54) is 10.2 Å². The van der Waals surface area contributed by atoms with Gasteiger partial charge in [-0.05, 0) is 61.7 Å². The van der Waals surface area contributed by atoms with E-state index in [9.17, 15) is 16.8 Å². The molecule has 0 bridgehead atoms. The topological polar surface area (TPSA) is 76.5 Å². The third kappa shape index (κ3) is 5.19. The third-order valence-corrected chi connectivity index (χ3v) is 10.5. The van der Waals surface area contributed by atoms with Crippen LogP contribution in [0.4, 0.5) is 0 Å². The van der Waals surface area contributed by atoms with Gasteiger partial charge in [0.2, 0.25) is 9.84 Å². The number of aromatic nitrogens is 1. The summed E-state index contributed by atoms with van der Waals surface area (Å²) in [5, 5.41) is 0. The fourth-order valence-electron chi connectivity index (χ4n) is 4.90. The largest absolute Gasteiger partial charge is 0.372 e. The fourth-order valence-corrected chi connectivity index (χ4v) is 7.99. The molecule has 1 aromatic heterocycles. The van der Waals surface area contributed by atoms with Crippen molar-refractivity contribution in [3.8, 4) is 0 Å². The molecule has 1 aliphatic rings. The number of hydrogen-bond donors (Lipinski definition) is 0. The molecule has 196 valence electrons. The maximum atomic E-state index is 14.1. The first-order valence-electron chi connectivity index (χ1n) is 12.6. The van der Waals surface area contributed by atoms with Crippen molar-refractivity contribution >= 4 is 19.9 Å². The zero-order valence-electron chi connectivity index (χ0n) is 21.1. The molecule has 1 atom stereocenters. The maximum absolute atomic E-state index is 14.1. The molecule has 3 aromatic carbocycles. The summed E-state index contributed by atoms with van der Waals surface area (Å²) in [6.45, 7) is 3.13. The Morgan fingerprint density at radius 1 is 0.763 bits per heavy atom. The van der Waals surface area contributed by atoms with Crippen LogP contribution in [0.1, 0.15) is 35.6 Å². The van der Waals surface area contributed by atoms with Crippen LogP contribution in [0.5, 0.6) is 0 Å². The van der Waals surface area contributed by atoms with Gasteiger partial charge in [-0.1, -0.05) is 66.2 Å².